The molecule has 116 valence electrons. The summed E-state index contributed by atoms with van der Waals surface area (Å²) in [5.41, 5.74) is 0.319. The Balaban J connectivity index is 2.42. The zero-order valence-corrected chi connectivity index (χ0v) is 13.3. The lowest BCUT2D eigenvalue weighted by Gasteiger charge is -2.15. The Kier molecular flexibility index (Phi) is 6.95. The van der Waals surface area contributed by atoms with E-state index in [9.17, 15) is 14.7 Å². The number of carbonyl (C=O) groups excluding carboxylic acids is 2. The predicted molar refractivity (Wildman–Crippen MR) is 82.6 cm³/mol. The van der Waals surface area contributed by atoms with Gasteiger partial charge in [-0.25, -0.2) is 0 Å². The number of nitrogens with one attached hydrogen (secondary N) is 2. The number of aliphatic hydroxyl groups is 1. The fourth-order valence-corrected chi connectivity index (χ4v) is 1.71. The van der Waals surface area contributed by atoms with E-state index in [1.54, 1.807) is 0 Å². The maximum Gasteiger partial charge on any atom is 0.251 e. The maximum absolute atomic E-state index is 11.8. The molecule has 1 atom stereocenters. The van der Waals surface area contributed by atoms with Crippen LogP contribution in [-0.4, -0.2) is 36.1 Å². The van der Waals surface area contributed by atoms with Crippen LogP contribution in [0.4, 0.5) is 0 Å². The molecule has 0 spiro atoms. The highest BCUT2D eigenvalue weighted by molar-refractivity contribution is 6.42. The Hall–Kier alpha value is -1.30. The van der Waals surface area contributed by atoms with E-state index in [0.29, 0.717) is 10.6 Å². The fourth-order valence-electron chi connectivity index (χ4n) is 1.42. The first-order chi connectivity index (χ1) is 9.81. The monoisotopic (exact) mass is 332 g/mol. The smallest absolute Gasteiger partial charge is 0.251 e. The van der Waals surface area contributed by atoms with Crippen molar-refractivity contribution >= 4 is 35.0 Å². The molecule has 21 heavy (non-hydrogen) atoms. The molecular weight excluding hydrogens is 315 g/mol. The van der Waals surface area contributed by atoms with Gasteiger partial charge in [0.05, 0.1) is 22.7 Å². The summed E-state index contributed by atoms with van der Waals surface area (Å²) in [5, 5.41) is 15.2. The average molecular weight is 333 g/mol. The Bertz CT molecular complexity index is 521. The highest BCUT2D eigenvalue weighted by atomic mass is 35.5. The highest BCUT2D eigenvalue weighted by Crippen LogP contribution is 2.22. The van der Waals surface area contributed by atoms with Crippen molar-refractivity contribution in [3.05, 3.63) is 33.8 Å². The third kappa shape index (κ3) is 5.91. The van der Waals surface area contributed by atoms with Crippen molar-refractivity contribution < 1.29 is 14.7 Å². The Morgan fingerprint density at radius 1 is 1.19 bits per heavy atom. The van der Waals surface area contributed by atoms with Crippen molar-refractivity contribution in [2.45, 2.75) is 20.0 Å². The molecule has 0 heterocycles. The summed E-state index contributed by atoms with van der Waals surface area (Å²) >= 11 is 11.6. The van der Waals surface area contributed by atoms with E-state index in [0.717, 1.165) is 0 Å². The number of halogens is 2. The van der Waals surface area contributed by atoms with E-state index in [1.807, 2.05) is 13.8 Å². The summed E-state index contributed by atoms with van der Waals surface area (Å²) in [5.74, 6) is -0.743. The molecule has 0 aliphatic rings. The Morgan fingerprint density at radius 3 is 2.43 bits per heavy atom. The van der Waals surface area contributed by atoms with Crippen LogP contribution in [-0.2, 0) is 4.79 Å². The van der Waals surface area contributed by atoms with E-state index >= 15 is 0 Å². The van der Waals surface area contributed by atoms with Gasteiger partial charge < -0.3 is 15.7 Å². The number of aliphatic hydroxyl groups excluding tert-OH is 1. The first-order valence-corrected chi connectivity index (χ1v) is 7.25. The summed E-state index contributed by atoms with van der Waals surface area (Å²) in [6.45, 7) is 3.68. The minimum atomic E-state index is -0.611. The topological polar surface area (TPSA) is 78.4 Å². The van der Waals surface area contributed by atoms with Crippen LogP contribution in [0.25, 0.3) is 0 Å². The quantitative estimate of drug-likeness (QED) is 0.743. The molecule has 3 N–H and O–H groups in total. The SMILES string of the molecule is CC(C)C(O)CNC(=O)CNC(=O)c1ccc(Cl)c(Cl)c1. The van der Waals surface area contributed by atoms with Crippen LogP contribution in [0.1, 0.15) is 24.2 Å². The number of rotatable bonds is 6. The fraction of sp³-hybridized carbons (Fsp3) is 0.429. The van der Waals surface area contributed by atoms with Crippen molar-refractivity contribution in [1.82, 2.24) is 10.6 Å². The van der Waals surface area contributed by atoms with Crippen molar-refractivity contribution in [1.29, 1.82) is 0 Å². The van der Waals surface area contributed by atoms with Crippen LogP contribution in [0, 0.1) is 5.92 Å². The summed E-state index contributed by atoms with van der Waals surface area (Å²) < 4.78 is 0. The van der Waals surface area contributed by atoms with Crippen molar-refractivity contribution in [2.75, 3.05) is 13.1 Å². The van der Waals surface area contributed by atoms with Gasteiger partial charge >= 0.3 is 0 Å². The van der Waals surface area contributed by atoms with E-state index in [2.05, 4.69) is 10.6 Å². The van der Waals surface area contributed by atoms with Gasteiger partial charge in [0, 0.05) is 12.1 Å². The molecule has 0 radical (unpaired) electrons. The zero-order valence-electron chi connectivity index (χ0n) is 11.8. The van der Waals surface area contributed by atoms with E-state index < -0.39 is 12.0 Å². The average Bonchev–Trinajstić information content (AvgIpc) is 2.44. The second-order valence-electron chi connectivity index (χ2n) is 4.93. The summed E-state index contributed by atoms with van der Waals surface area (Å²) in [6.07, 6.45) is -0.611. The summed E-state index contributed by atoms with van der Waals surface area (Å²) in [7, 11) is 0. The Labute approximate surface area is 133 Å². The first-order valence-electron chi connectivity index (χ1n) is 6.49. The largest absolute Gasteiger partial charge is 0.391 e. The molecule has 5 nitrogen and oxygen atoms in total. The second-order valence-corrected chi connectivity index (χ2v) is 5.74. The maximum atomic E-state index is 11.8. The lowest BCUT2D eigenvalue weighted by molar-refractivity contribution is -0.120. The molecule has 1 aromatic carbocycles. The van der Waals surface area contributed by atoms with Crippen molar-refractivity contribution in [3.63, 3.8) is 0 Å². The van der Waals surface area contributed by atoms with E-state index in [-0.39, 0.29) is 29.9 Å². The molecule has 1 rings (SSSR count). The van der Waals surface area contributed by atoms with Crippen LogP contribution in [0.3, 0.4) is 0 Å². The van der Waals surface area contributed by atoms with Crippen molar-refractivity contribution in [2.24, 2.45) is 5.92 Å². The highest BCUT2D eigenvalue weighted by Gasteiger charge is 2.12. The molecule has 0 aliphatic carbocycles. The third-order valence-electron chi connectivity index (χ3n) is 2.87. The van der Waals surface area contributed by atoms with E-state index in [1.165, 1.54) is 18.2 Å². The minimum absolute atomic E-state index is 0.0519. The molecule has 0 aromatic heterocycles. The molecule has 7 heteroatoms. The first kappa shape index (κ1) is 17.8. The second kappa shape index (κ2) is 8.22. The number of amides is 2. The van der Waals surface area contributed by atoms with Gasteiger partial charge in [0.25, 0.3) is 5.91 Å². The van der Waals surface area contributed by atoms with Gasteiger partial charge in [0.2, 0.25) is 5.91 Å². The number of benzene rings is 1. The molecule has 0 saturated heterocycles. The number of hydrogen-bond donors (Lipinski definition) is 3. The Morgan fingerprint density at radius 2 is 1.86 bits per heavy atom. The summed E-state index contributed by atoms with van der Waals surface area (Å²) in [6, 6.07) is 4.46. The van der Waals surface area contributed by atoms with Gasteiger partial charge in [-0.3, -0.25) is 9.59 Å². The lowest BCUT2D eigenvalue weighted by atomic mass is 10.1. The van der Waals surface area contributed by atoms with Gasteiger partial charge in [-0.15, -0.1) is 0 Å². The zero-order chi connectivity index (χ0) is 16.0. The van der Waals surface area contributed by atoms with Crippen LogP contribution in [0.15, 0.2) is 18.2 Å². The van der Waals surface area contributed by atoms with Crippen LogP contribution in [0.2, 0.25) is 10.0 Å². The molecule has 1 aromatic rings. The molecule has 0 bridgehead atoms. The number of hydrogen-bond acceptors (Lipinski definition) is 3. The molecule has 0 aliphatic heterocycles. The normalized spacial score (nSPS) is 12.1. The lowest BCUT2D eigenvalue weighted by Crippen LogP contribution is -2.41. The third-order valence-corrected chi connectivity index (χ3v) is 3.61. The van der Waals surface area contributed by atoms with Gasteiger partial charge in [-0.05, 0) is 24.1 Å². The van der Waals surface area contributed by atoms with Gasteiger partial charge in [-0.2, -0.15) is 0 Å². The van der Waals surface area contributed by atoms with Crippen molar-refractivity contribution in [3.8, 4) is 0 Å². The van der Waals surface area contributed by atoms with Crippen LogP contribution >= 0.6 is 23.2 Å². The standard InChI is InChI=1S/C14H18Cl2N2O3/c1-8(2)12(19)6-17-13(20)7-18-14(21)9-3-4-10(15)11(16)5-9/h3-5,8,12,19H,6-7H2,1-2H3,(H,17,20)(H,18,21). The minimum Gasteiger partial charge on any atom is -0.391 e. The van der Waals surface area contributed by atoms with Gasteiger partial charge in [-0.1, -0.05) is 37.0 Å². The van der Waals surface area contributed by atoms with Gasteiger partial charge in [0.15, 0.2) is 0 Å². The molecule has 0 saturated carbocycles. The van der Waals surface area contributed by atoms with Crippen LogP contribution < -0.4 is 10.6 Å². The molecule has 2 amide bonds. The molecule has 1 unspecified atom stereocenters. The molecular formula is C14H18Cl2N2O3. The number of carbonyl (C=O) groups is 2. The van der Waals surface area contributed by atoms with Gasteiger partial charge in [0.1, 0.15) is 0 Å². The van der Waals surface area contributed by atoms with Crippen LogP contribution in [0.5, 0.6) is 0 Å². The van der Waals surface area contributed by atoms with E-state index in [4.69, 9.17) is 23.2 Å². The molecule has 0 fully saturated rings. The summed E-state index contributed by atoms with van der Waals surface area (Å²) in [4.78, 5) is 23.4. The predicted octanol–water partition coefficient (Wildman–Crippen LogP) is 1.86.